The van der Waals surface area contributed by atoms with E-state index in [0.717, 1.165) is 4.68 Å². The van der Waals surface area contributed by atoms with Crippen LogP contribution in [0.5, 0.6) is 11.5 Å². The average molecular weight is 304 g/mol. The molecule has 0 radical (unpaired) electrons. The number of phenols is 1. The third kappa shape index (κ3) is 3.32. The standard InChI is InChI=1S/C15H16N2O5/c1-22-11-4-5-13(19)12(7-11)15(21)10-8-16-17(9-10)14(20)3-2-6-18/h4-5,7-9,18-19H,2-3,6H2,1H3. The van der Waals surface area contributed by atoms with Crippen LogP contribution in [-0.2, 0) is 0 Å². The van der Waals surface area contributed by atoms with Crippen LogP contribution in [0.1, 0.15) is 33.6 Å². The number of rotatable bonds is 6. The van der Waals surface area contributed by atoms with Gasteiger partial charge in [-0.1, -0.05) is 0 Å². The molecule has 2 N–H and O–H groups in total. The molecular weight excluding hydrogens is 288 g/mol. The van der Waals surface area contributed by atoms with Crippen molar-refractivity contribution in [3.8, 4) is 11.5 Å². The maximum atomic E-state index is 12.4. The van der Waals surface area contributed by atoms with Crippen molar-refractivity contribution in [1.29, 1.82) is 0 Å². The molecule has 1 heterocycles. The molecule has 0 saturated carbocycles. The molecule has 0 aliphatic rings. The Morgan fingerprint density at radius 2 is 2.14 bits per heavy atom. The lowest BCUT2D eigenvalue weighted by atomic mass is 10.1. The summed E-state index contributed by atoms with van der Waals surface area (Å²) >= 11 is 0. The number of benzene rings is 1. The molecule has 0 bridgehead atoms. The van der Waals surface area contributed by atoms with Crippen LogP contribution in [0, 0.1) is 0 Å². The number of nitrogens with zero attached hydrogens (tertiary/aromatic N) is 2. The average Bonchev–Trinajstić information content (AvgIpc) is 3.02. The monoisotopic (exact) mass is 304 g/mol. The molecule has 2 rings (SSSR count). The number of carbonyl (C=O) groups excluding carboxylic acids is 2. The van der Waals surface area contributed by atoms with Crippen LogP contribution in [0.4, 0.5) is 0 Å². The number of aromatic hydroxyl groups is 1. The molecule has 1 aromatic carbocycles. The number of ether oxygens (including phenoxy) is 1. The van der Waals surface area contributed by atoms with Gasteiger partial charge in [-0.05, 0) is 24.6 Å². The first-order valence-corrected chi connectivity index (χ1v) is 6.67. The number of aliphatic hydroxyl groups is 1. The molecule has 7 nitrogen and oxygen atoms in total. The Morgan fingerprint density at radius 3 is 2.82 bits per heavy atom. The number of methoxy groups -OCH3 is 1. The van der Waals surface area contributed by atoms with Crippen LogP contribution in [0.3, 0.4) is 0 Å². The summed E-state index contributed by atoms with van der Waals surface area (Å²) in [5.41, 5.74) is 0.252. The van der Waals surface area contributed by atoms with Gasteiger partial charge in [0.05, 0.1) is 24.4 Å². The summed E-state index contributed by atoms with van der Waals surface area (Å²) in [6.07, 6.45) is 3.04. The van der Waals surface area contributed by atoms with E-state index >= 15 is 0 Å². The number of hydrogen-bond donors (Lipinski definition) is 2. The third-order valence-electron chi connectivity index (χ3n) is 3.10. The molecule has 22 heavy (non-hydrogen) atoms. The Kier molecular flexibility index (Phi) is 4.90. The summed E-state index contributed by atoms with van der Waals surface area (Å²) in [4.78, 5) is 24.1. The topological polar surface area (TPSA) is 102 Å². The zero-order valence-electron chi connectivity index (χ0n) is 12.0. The van der Waals surface area contributed by atoms with Crippen LogP contribution in [0.15, 0.2) is 30.6 Å². The van der Waals surface area contributed by atoms with Gasteiger partial charge in [-0.2, -0.15) is 5.10 Å². The quantitative estimate of drug-likeness (QED) is 0.779. The van der Waals surface area contributed by atoms with Gasteiger partial charge in [0.1, 0.15) is 11.5 Å². The number of aliphatic hydroxyl groups excluding tert-OH is 1. The lowest BCUT2D eigenvalue weighted by Gasteiger charge is -2.05. The van der Waals surface area contributed by atoms with Crippen molar-refractivity contribution in [2.75, 3.05) is 13.7 Å². The SMILES string of the molecule is COc1ccc(O)c(C(=O)c2cnn(C(=O)CCCO)c2)c1. The third-order valence-corrected chi connectivity index (χ3v) is 3.10. The van der Waals surface area contributed by atoms with Crippen molar-refractivity contribution in [1.82, 2.24) is 9.78 Å². The first-order chi connectivity index (χ1) is 10.6. The van der Waals surface area contributed by atoms with Gasteiger partial charge in [0, 0.05) is 19.2 Å². The zero-order valence-corrected chi connectivity index (χ0v) is 12.0. The minimum absolute atomic E-state index is 0.0710. The van der Waals surface area contributed by atoms with E-state index in [9.17, 15) is 14.7 Å². The maximum Gasteiger partial charge on any atom is 0.246 e. The Labute approximate surface area is 126 Å². The van der Waals surface area contributed by atoms with E-state index in [0.29, 0.717) is 12.2 Å². The van der Waals surface area contributed by atoms with Crippen molar-refractivity contribution in [2.45, 2.75) is 12.8 Å². The number of carbonyl (C=O) groups is 2. The first kappa shape index (κ1) is 15.7. The summed E-state index contributed by atoms with van der Waals surface area (Å²) in [7, 11) is 1.46. The summed E-state index contributed by atoms with van der Waals surface area (Å²) in [6, 6.07) is 4.32. The van der Waals surface area contributed by atoms with Crippen molar-refractivity contribution in [3.05, 3.63) is 41.7 Å². The highest BCUT2D eigenvalue weighted by Crippen LogP contribution is 2.25. The number of ketones is 1. The molecule has 0 fully saturated rings. The Morgan fingerprint density at radius 1 is 1.36 bits per heavy atom. The van der Waals surface area contributed by atoms with Gasteiger partial charge in [-0.15, -0.1) is 0 Å². The van der Waals surface area contributed by atoms with Gasteiger partial charge in [-0.25, -0.2) is 4.68 Å². The van der Waals surface area contributed by atoms with Gasteiger partial charge in [0.2, 0.25) is 5.91 Å². The molecular formula is C15H16N2O5. The Balaban J connectivity index is 2.24. The van der Waals surface area contributed by atoms with Gasteiger partial charge in [0.25, 0.3) is 0 Å². The summed E-state index contributed by atoms with van der Waals surface area (Å²) in [5, 5.41) is 22.3. The second-order valence-corrected chi connectivity index (χ2v) is 4.61. The molecule has 0 spiro atoms. The van der Waals surface area contributed by atoms with Gasteiger partial charge in [-0.3, -0.25) is 9.59 Å². The zero-order chi connectivity index (χ0) is 16.1. The van der Waals surface area contributed by atoms with E-state index in [1.54, 1.807) is 0 Å². The number of phenolic OH excluding ortho intramolecular Hbond substituents is 1. The molecule has 0 unspecified atom stereocenters. The smallest absolute Gasteiger partial charge is 0.246 e. The molecule has 0 saturated heterocycles. The van der Waals surface area contributed by atoms with E-state index in [2.05, 4.69) is 5.10 Å². The van der Waals surface area contributed by atoms with Gasteiger partial charge < -0.3 is 14.9 Å². The van der Waals surface area contributed by atoms with E-state index < -0.39 is 5.78 Å². The first-order valence-electron chi connectivity index (χ1n) is 6.67. The highest BCUT2D eigenvalue weighted by atomic mass is 16.5. The van der Waals surface area contributed by atoms with E-state index in [1.165, 1.54) is 37.7 Å². The van der Waals surface area contributed by atoms with Crippen LogP contribution in [0.25, 0.3) is 0 Å². The minimum atomic E-state index is -0.461. The molecule has 7 heteroatoms. The van der Waals surface area contributed by atoms with Gasteiger partial charge in [0.15, 0.2) is 5.78 Å². The second-order valence-electron chi connectivity index (χ2n) is 4.61. The highest BCUT2D eigenvalue weighted by molar-refractivity contribution is 6.10. The largest absolute Gasteiger partial charge is 0.507 e. The van der Waals surface area contributed by atoms with Gasteiger partial charge >= 0.3 is 0 Å². The van der Waals surface area contributed by atoms with Crippen LogP contribution < -0.4 is 4.74 Å². The molecule has 116 valence electrons. The lowest BCUT2D eigenvalue weighted by Crippen LogP contribution is -2.11. The molecule has 2 aromatic rings. The summed E-state index contributed by atoms with van der Waals surface area (Å²) in [6.45, 7) is -0.0868. The fourth-order valence-electron chi connectivity index (χ4n) is 1.90. The van der Waals surface area contributed by atoms with Crippen molar-refractivity contribution < 1.29 is 24.5 Å². The molecule has 0 amide bonds. The van der Waals surface area contributed by atoms with Crippen molar-refractivity contribution >= 4 is 11.7 Å². The van der Waals surface area contributed by atoms with Crippen LogP contribution >= 0.6 is 0 Å². The maximum absolute atomic E-state index is 12.4. The van der Waals surface area contributed by atoms with E-state index in [-0.39, 0.29) is 35.8 Å². The van der Waals surface area contributed by atoms with Crippen LogP contribution in [-0.4, -0.2) is 45.4 Å². The van der Waals surface area contributed by atoms with E-state index in [4.69, 9.17) is 9.84 Å². The predicted molar refractivity (Wildman–Crippen MR) is 77.3 cm³/mol. The summed E-state index contributed by atoms with van der Waals surface area (Å²) < 4.78 is 6.08. The molecule has 0 aliphatic heterocycles. The summed E-state index contributed by atoms with van der Waals surface area (Å²) in [5.74, 6) is -0.515. The minimum Gasteiger partial charge on any atom is -0.507 e. The highest BCUT2D eigenvalue weighted by Gasteiger charge is 2.18. The molecule has 1 aromatic heterocycles. The molecule has 0 aliphatic carbocycles. The van der Waals surface area contributed by atoms with Crippen molar-refractivity contribution in [2.24, 2.45) is 0 Å². The fraction of sp³-hybridized carbons (Fsp3) is 0.267. The Bertz CT molecular complexity index is 693. The number of hydrogen-bond acceptors (Lipinski definition) is 6. The normalized spacial score (nSPS) is 10.5. The molecule has 0 atom stereocenters. The second kappa shape index (κ2) is 6.86. The Hall–Kier alpha value is -2.67. The van der Waals surface area contributed by atoms with Crippen LogP contribution in [0.2, 0.25) is 0 Å². The van der Waals surface area contributed by atoms with Crippen molar-refractivity contribution in [3.63, 3.8) is 0 Å². The number of aromatic nitrogens is 2. The predicted octanol–water partition coefficient (Wildman–Crippen LogP) is 1.24. The van der Waals surface area contributed by atoms with E-state index in [1.807, 2.05) is 0 Å². The lowest BCUT2D eigenvalue weighted by molar-refractivity contribution is 0.0875. The fourth-order valence-corrected chi connectivity index (χ4v) is 1.90.